The van der Waals surface area contributed by atoms with E-state index in [-0.39, 0.29) is 5.91 Å². The van der Waals surface area contributed by atoms with Crippen LogP contribution in [-0.4, -0.2) is 24.4 Å². The van der Waals surface area contributed by atoms with Gasteiger partial charge < -0.3 is 4.90 Å². The lowest BCUT2D eigenvalue weighted by molar-refractivity contribution is 0.0796. The van der Waals surface area contributed by atoms with Crippen molar-refractivity contribution in [1.82, 2.24) is 4.90 Å². The molecule has 84 valence electrons. The second-order valence-electron chi connectivity index (χ2n) is 3.90. The van der Waals surface area contributed by atoms with Crippen molar-refractivity contribution >= 4 is 5.91 Å². The largest absolute Gasteiger partial charge is 0.341 e. The van der Waals surface area contributed by atoms with Gasteiger partial charge in [-0.3, -0.25) is 4.79 Å². The Labute approximate surface area is 96.3 Å². The van der Waals surface area contributed by atoms with Crippen molar-refractivity contribution in [3.8, 4) is 6.07 Å². The van der Waals surface area contributed by atoms with Gasteiger partial charge in [0.2, 0.25) is 0 Å². The van der Waals surface area contributed by atoms with Gasteiger partial charge in [0.05, 0.1) is 12.5 Å². The molecule has 3 heteroatoms. The van der Waals surface area contributed by atoms with Crippen molar-refractivity contribution in [2.24, 2.45) is 0 Å². The molecule has 0 fully saturated rings. The molecule has 1 aromatic rings. The van der Waals surface area contributed by atoms with Gasteiger partial charge in [-0.05, 0) is 25.0 Å². The van der Waals surface area contributed by atoms with Crippen LogP contribution < -0.4 is 0 Å². The first kappa shape index (κ1) is 12.3. The Bertz CT molecular complexity index is 412. The van der Waals surface area contributed by atoms with Gasteiger partial charge in [0.25, 0.3) is 5.91 Å². The lowest BCUT2D eigenvalue weighted by Crippen LogP contribution is -2.28. The van der Waals surface area contributed by atoms with Gasteiger partial charge in [0.1, 0.15) is 0 Å². The van der Waals surface area contributed by atoms with Crippen molar-refractivity contribution in [2.75, 3.05) is 13.6 Å². The third-order valence-electron chi connectivity index (χ3n) is 2.60. The molecule has 1 aromatic carbocycles. The monoisotopic (exact) mass is 216 g/mol. The molecule has 3 nitrogen and oxygen atoms in total. The minimum atomic E-state index is -0.00847. The van der Waals surface area contributed by atoms with Gasteiger partial charge in [0, 0.05) is 19.2 Å². The maximum absolute atomic E-state index is 12.1. The quantitative estimate of drug-likeness (QED) is 0.778. The molecule has 0 bridgehead atoms. The molecule has 1 amide bonds. The van der Waals surface area contributed by atoms with Crippen LogP contribution >= 0.6 is 0 Å². The highest BCUT2D eigenvalue weighted by Crippen LogP contribution is 2.15. The summed E-state index contributed by atoms with van der Waals surface area (Å²) in [6.45, 7) is 4.33. The number of carbonyl (C=O) groups is 1. The topological polar surface area (TPSA) is 44.1 Å². The first-order chi connectivity index (χ1) is 7.57. The zero-order chi connectivity index (χ0) is 12.1. The van der Waals surface area contributed by atoms with Crippen LogP contribution in [0, 0.1) is 25.2 Å². The predicted molar refractivity (Wildman–Crippen MR) is 63.1 cm³/mol. The molecule has 16 heavy (non-hydrogen) atoms. The number of amides is 1. The van der Waals surface area contributed by atoms with Gasteiger partial charge in [-0.15, -0.1) is 0 Å². The standard InChI is InChI=1S/C13H16N2O/c1-10-6-4-7-11(2)12(10)13(16)15(3)9-5-8-14/h4,6-7H,5,9H2,1-3H3. The number of aryl methyl sites for hydroxylation is 2. The van der Waals surface area contributed by atoms with Crippen LogP contribution in [0.5, 0.6) is 0 Å². The van der Waals surface area contributed by atoms with Crippen LogP contribution in [0.15, 0.2) is 18.2 Å². The Kier molecular flexibility index (Phi) is 4.07. The molecule has 0 aliphatic carbocycles. The Balaban J connectivity index is 2.93. The molecule has 0 saturated carbocycles. The zero-order valence-corrected chi connectivity index (χ0v) is 9.95. The predicted octanol–water partition coefficient (Wildman–Crippen LogP) is 2.29. The Morgan fingerprint density at radius 2 is 1.94 bits per heavy atom. The third kappa shape index (κ3) is 2.60. The van der Waals surface area contributed by atoms with E-state index in [1.54, 1.807) is 11.9 Å². The summed E-state index contributed by atoms with van der Waals surface area (Å²) < 4.78 is 0. The third-order valence-corrected chi connectivity index (χ3v) is 2.60. The molecule has 0 aliphatic heterocycles. The fraction of sp³-hybridized carbons (Fsp3) is 0.385. The molecule has 0 N–H and O–H groups in total. The highest BCUT2D eigenvalue weighted by molar-refractivity contribution is 5.96. The molecular formula is C13H16N2O. The minimum Gasteiger partial charge on any atom is -0.341 e. The zero-order valence-electron chi connectivity index (χ0n) is 9.95. The van der Waals surface area contributed by atoms with Gasteiger partial charge in [-0.2, -0.15) is 5.26 Å². The second kappa shape index (κ2) is 5.32. The lowest BCUT2D eigenvalue weighted by Gasteiger charge is -2.18. The van der Waals surface area contributed by atoms with Gasteiger partial charge in [0.15, 0.2) is 0 Å². The minimum absolute atomic E-state index is 0.00847. The van der Waals surface area contributed by atoms with E-state index in [9.17, 15) is 4.79 Å². The van der Waals surface area contributed by atoms with E-state index in [1.165, 1.54) is 0 Å². The molecule has 0 aromatic heterocycles. The number of carbonyl (C=O) groups excluding carboxylic acids is 1. The highest BCUT2D eigenvalue weighted by atomic mass is 16.2. The van der Waals surface area contributed by atoms with Crippen molar-refractivity contribution in [1.29, 1.82) is 5.26 Å². The van der Waals surface area contributed by atoms with Crippen molar-refractivity contribution in [3.05, 3.63) is 34.9 Å². The summed E-state index contributed by atoms with van der Waals surface area (Å²) in [6.07, 6.45) is 0.368. The molecule has 0 unspecified atom stereocenters. The maximum Gasteiger partial charge on any atom is 0.254 e. The smallest absolute Gasteiger partial charge is 0.254 e. The van der Waals surface area contributed by atoms with E-state index < -0.39 is 0 Å². The summed E-state index contributed by atoms with van der Waals surface area (Å²) in [5.74, 6) is -0.00847. The number of nitrogens with zero attached hydrogens (tertiary/aromatic N) is 2. The van der Waals surface area contributed by atoms with Crippen molar-refractivity contribution in [3.63, 3.8) is 0 Å². The van der Waals surface area contributed by atoms with Crippen LogP contribution in [-0.2, 0) is 0 Å². The number of benzene rings is 1. The fourth-order valence-electron chi connectivity index (χ4n) is 1.66. The van der Waals surface area contributed by atoms with Crippen LogP contribution in [0.4, 0.5) is 0 Å². The number of hydrogen-bond acceptors (Lipinski definition) is 2. The van der Waals surface area contributed by atoms with E-state index in [4.69, 9.17) is 5.26 Å². The van der Waals surface area contributed by atoms with E-state index in [0.717, 1.165) is 16.7 Å². The van der Waals surface area contributed by atoms with Crippen molar-refractivity contribution in [2.45, 2.75) is 20.3 Å². The first-order valence-corrected chi connectivity index (χ1v) is 5.26. The molecule has 1 rings (SSSR count). The summed E-state index contributed by atoms with van der Waals surface area (Å²) in [6, 6.07) is 7.84. The Morgan fingerprint density at radius 3 is 2.44 bits per heavy atom. The first-order valence-electron chi connectivity index (χ1n) is 5.26. The summed E-state index contributed by atoms with van der Waals surface area (Å²) in [5, 5.41) is 8.49. The van der Waals surface area contributed by atoms with E-state index in [0.29, 0.717) is 13.0 Å². The van der Waals surface area contributed by atoms with E-state index in [1.807, 2.05) is 38.1 Å². The molecule has 0 atom stereocenters. The summed E-state index contributed by atoms with van der Waals surface area (Å²) in [7, 11) is 1.73. The highest BCUT2D eigenvalue weighted by Gasteiger charge is 2.15. The van der Waals surface area contributed by atoms with Crippen LogP contribution in [0.1, 0.15) is 27.9 Å². The molecule has 0 aliphatic rings. The SMILES string of the molecule is Cc1cccc(C)c1C(=O)N(C)CCC#N. The van der Waals surface area contributed by atoms with E-state index >= 15 is 0 Å². The molecule has 0 radical (unpaired) electrons. The van der Waals surface area contributed by atoms with Crippen LogP contribution in [0.3, 0.4) is 0 Å². The van der Waals surface area contributed by atoms with E-state index in [2.05, 4.69) is 0 Å². The normalized spacial score (nSPS) is 9.62. The molecule has 0 heterocycles. The average Bonchev–Trinajstić information content (AvgIpc) is 2.25. The van der Waals surface area contributed by atoms with Crippen LogP contribution in [0.25, 0.3) is 0 Å². The molecular weight excluding hydrogens is 200 g/mol. The maximum atomic E-state index is 12.1. The molecule has 0 saturated heterocycles. The van der Waals surface area contributed by atoms with Gasteiger partial charge >= 0.3 is 0 Å². The average molecular weight is 216 g/mol. The summed E-state index contributed by atoms with van der Waals surface area (Å²) in [5.41, 5.74) is 2.71. The van der Waals surface area contributed by atoms with Crippen molar-refractivity contribution < 1.29 is 4.79 Å². The number of nitriles is 1. The summed E-state index contributed by atoms with van der Waals surface area (Å²) >= 11 is 0. The Hall–Kier alpha value is -1.82. The van der Waals surface area contributed by atoms with Gasteiger partial charge in [-0.25, -0.2) is 0 Å². The Morgan fingerprint density at radius 1 is 1.38 bits per heavy atom. The summed E-state index contributed by atoms with van der Waals surface area (Å²) in [4.78, 5) is 13.7. The molecule has 0 spiro atoms. The number of rotatable bonds is 3. The van der Waals surface area contributed by atoms with Gasteiger partial charge in [-0.1, -0.05) is 18.2 Å². The second-order valence-corrected chi connectivity index (χ2v) is 3.90. The lowest BCUT2D eigenvalue weighted by atomic mass is 10.0. The number of hydrogen-bond donors (Lipinski definition) is 0. The van der Waals surface area contributed by atoms with Crippen LogP contribution in [0.2, 0.25) is 0 Å². The fourth-order valence-corrected chi connectivity index (χ4v) is 1.66.